The zero-order valence-electron chi connectivity index (χ0n) is 10.7. The van der Waals surface area contributed by atoms with E-state index >= 15 is 0 Å². The van der Waals surface area contributed by atoms with Gasteiger partial charge >= 0.3 is 6.09 Å². The summed E-state index contributed by atoms with van der Waals surface area (Å²) < 4.78 is 5.32. The molecule has 0 bridgehead atoms. The molecular weight excluding hydrogens is 206 g/mol. The maximum atomic E-state index is 11.7. The maximum Gasteiger partial charge on any atom is 0.410 e. The molecule has 94 valence electrons. The molecule has 1 fully saturated rings. The van der Waals surface area contributed by atoms with Crippen LogP contribution < -0.4 is 5.43 Å². The van der Waals surface area contributed by atoms with E-state index in [2.05, 4.69) is 17.4 Å². The fraction of sp³-hybridized carbons (Fsp3) is 0.909. The Labute approximate surface area is 97.7 Å². The van der Waals surface area contributed by atoms with Crippen LogP contribution in [0.5, 0.6) is 0 Å². The topological polar surface area (TPSA) is 44.8 Å². The third-order valence-electron chi connectivity index (χ3n) is 2.31. The van der Waals surface area contributed by atoms with Crippen molar-refractivity contribution in [2.45, 2.75) is 33.3 Å². The van der Waals surface area contributed by atoms with Crippen molar-refractivity contribution in [1.29, 1.82) is 0 Å². The van der Waals surface area contributed by atoms with Crippen molar-refractivity contribution in [2.75, 3.05) is 32.7 Å². The van der Waals surface area contributed by atoms with E-state index in [-0.39, 0.29) is 6.09 Å². The monoisotopic (exact) mass is 229 g/mol. The zero-order chi connectivity index (χ0) is 12.2. The molecule has 1 rings (SSSR count). The number of nitrogens with one attached hydrogen (secondary N) is 1. The second kappa shape index (κ2) is 5.50. The fourth-order valence-corrected chi connectivity index (χ4v) is 1.60. The lowest BCUT2D eigenvalue weighted by molar-refractivity contribution is 0.00951. The number of piperazine rings is 1. The number of rotatable bonds is 2. The van der Waals surface area contributed by atoms with Gasteiger partial charge < -0.3 is 9.64 Å². The molecule has 0 aromatic heterocycles. The van der Waals surface area contributed by atoms with Gasteiger partial charge in [-0.25, -0.2) is 9.80 Å². The lowest BCUT2D eigenvalue weighted by Gasteiger charge is -2.35. The van der Waals surface area contributed by atoms with Crippen molar-refractivity contribution < 1.29 is 9.53 Å². The minimum Gasteiger partial charge on any atom is -0.444 e. The van der Waals surface area contributed by atoms with Gasteiger partial charge in [-0.05, 0) is 20.8 Å². The number of amides is 1. The zero-order valence-corrected chi connectivity index (χ0v) is 10.7. The Bertz CT molecular complexity index is 230. The molecule has 0 radical (unpaired) electrons. The highest BCUT2D eigenvalue weighted by Crippen LogP contribution is 2.11. The highest BCUT2D eigenvalue weighted by atomic mass is 16.6. The van der Waals surface area contributed by atoms with E-state index in [4.69, 9.17) is 4.74 Å². The summed E-state index contributed by atoms with van der Waals surface area (Å²) in [7, 11) is 0. The number of nitrogens with zero attached hydrogens (tertiary/aromatic N) is 2. The Morgan fingerprint density at radius 3 is 2.25 bits per heavy atom. The molecule has 1 heterocycles. The molecule has 0 saturated carbocycles. The molecule has 16 heavy (non-hydrogen) atoms. The number of hydrogen-bond acceptors (Lipinski definition) is 4. The average Bonchev–Trinajstić information content (AvgIpc) is 2.16. The summed E-state index contributed by atoms with van der Waals surface area (Å²) >= 11 is 0. The van der Waals surface area contributed by atoms with Gasteiger partial charge in [0.2, 0.25) is 0 Å². The third-order valence-corrected chi connectivity index (χ3v) is 2.31. The highest BCUT2D eigenvalue weighted by Gasteiger charge is 2.25. The molecule has 1 saturated heterocycles. The predicted molar refractivity (Wildman–Crippen MR) is 63.1 cm³/mol. The van der Waals surface area contributed by atoms with Crippen LogP contribution >= 0.6 is 0 Å². The summed E-state index contributed by atoms with van der Waals surface area (Å²) in [4.78, 5) is 13.5. The lowest BCUT2D eigenvalue weighted by Crippen LogP contribution is -2.54. The van der Waals surface area contributed by atoms with Gasteiger partial charge in [0.15, 0.2) is 0 Å². The molecule has 0 aliphatic carbocycles. The number of hydrazine groups is 1. The summed E-state index contributed by atoms with van der Waals surface area (Å²) in [5.41, 5.74) is 2.84. The van der Waals surface area contributed by atoms with Gasteiger partial charge in [0.1, 0.15) is 5.60 Å². The molecule has 0 spiro atoms. The Balaban J connectivity index is 2.33. The highest BCUT2D eigenvalue weighted by molar-refractivity contribution is 5.68. The van der Waals surface area contributed by atoms with Crippen molar-refractivity contribution in [1.82, 2.24) is 15.3 Å². The van der Waals surface area contributed by atoms with Crippen LogP contribution in [0.3, 0.4) is 0 Å². The van der Waals surface area contributed by atoms with Crippen LogP contribution in [-0.2, 0) is 4.74 Å². The molecular formula is C11H23N3O2. The van der Waals surface area contributed by atoms with Crippen LogP contribution in [0.2, 0.25) is 0 Å². The fourth-order valence-electron chi connectivity index (χ4n) is 1.60. The van der Waals surface area contributed by atoms with Gasteiger partial charge in [0, 0.05) is 32.7 Å². The Morgan fingerprint density at radius 1 is 1.25 bits per heavy atom. The molecule has 0 aromatic carbocycles. The Morgan fingerprint density at radius 2 is 1.81 bits per heavy atom. The SMILES string of the molecule is CCNN1CCN(C(=O)OC(C)(C)C)CC1. The van der Waals surface area contributed by atoms with Crippen molar-refractivity contribution in [3.05, 3.63) is 0 Å². The minimum atomic E-state index is -0.407. The number of ether oxygens (including phenoxy) is 1. The van der Waals surface area contributed by atoms with Crippen LogP contribution in [-0.4, -0.2) is 54.3 Å². The second-order valence-electron chi connectivity index (χ2n) is 4.97. The van der Waals surface area contributed by atoms with E-state index in [0.717, 1.165) is 32.7 Å². The van der Waals surface area contributed by atoms with Crippen LogP contribution in [0, 0.1) is 0 Å². The molecule has 5 heteroatoms. The molecule has 0 aromatic rings. The normalized spacial score (nSPS) is 18.6. The molecule has 0 unspecified atom stereocenters. The molecule has 1 N–H and O–H groups in total. The van der Waals surface area contributed by atoms with Gasteiger partial charge in [-0.1, -0.05) is 6.92 Å². The van der Waals surface area contributed by atoms with Gasteiger partial charge in [-0.3, -0.25) is 5.43 Å². The molecule has 5 nitrogen and oxygen atoms in total. The van der Waals surface area contributed by atoms with Crippen LogP contribution in [0.25, 0.3) is 0 Å². The Kier molecular flexibility index (Phi) is 4.56. The standard InChI is InChI=1S/C11H23N3O2/c1-5-12-14-8-6-13(7-9-14)10(15)16-11(2,3)4/h12H,5-9H2,1-4H3. The van der Waals surface area contributed by atoms with Crippen molar-refractivity contribution in [3.8, 4) is 0 Å². The molecule has 0 atom stereocenters. The minimum absolute atomic E-state index is 0.205. The predicted octanol–water partition coefficient (Wildman–Crippen LogP) is 1.06. The van der Waals surface area contributed by atoms with E-state index in [0.29, 0.717) is 0 Å². The van der Waals surface area contributed by atoms with Gasteiger partial charge in [-0.2, -0.15) is 0 Å². The first-order valence-corrected chi connectivity index (χ1v) is 5.89. The first-order chi connectivity index (χ1) is 7.42. The number of carbonyl (C=O) groups excluding carboxylic acids is 1. The first kappa shape index (κ1) is 13.3. The van der Waals surface area contributed by atoms with E-state index in [1.165, 1.54) is 0 Å². The summed E-state index contributed by atoms with van der Waals surface area (Å²) in [6.45, 7) is 11.8. The smallest absolute Gasteiger partial charge is 0.410 e. The summed E-state index contributed by atoms with van der Waals surface area (Å²) in [6.07, 6.45) is -0.205. The third kappa shape index (κ3) is 4.37. The van der Waals surface area contributed by atoms with Gasteiger partial charge in [-0.15, -0.1) is 0 Å². The molecule has 1 aliphatic heterocycles. The summed E-state index contributed by atoms with van der Waals surface area (Å²) in [5, 5.41) is 2.14. The van der Waals surface area contributed by atoms with E-state index in [9.17, 15) is 4.79 Å². The first-order valence-electron chi connectivity index (χ1n) is 5.89. The van der Waals surface area contributed by atoms with Gasteiger partial charge in [0.25, 0.3) is 0 Å². The van der Waals surface area contributed by atoms with E-state index in [1.54, 1.807) is 4.90 Å². The van der Waals surface area contributed by atoms with E-state index in [1.807, 2.05) is 20.8 Å². The van der Waals surface area contributed by atoms with Crippen molar-refractivity contribution >= 4 is 6.09 Å². The van der Waals surface area contributed by atoms with Crippen molar-refractivity contribution in [2.24, 2.45) is 0 Å². The molecule has 1 amide bonds. The largest absolute Gasteiger partial charge is 0.444 e. The number of carbonyl (C=O) groups is 1. The van der Waals surface area contributed by atoms with Crippen LogP contribution in [0.15, 0.2) is 0 Å². The quantitative estimate of drug-likeness (QED) is 0.769. The molecule has 1 aliphatic rings. The lowest BCUT2D eigenvalue weighted by atomic mass is 10.2. The van der Waals surface area contributed by atoms with Crippen LogP contribution in [0.4, 0.5) is 4.79 Å². The van der Waals surface area contributed by atoms with E-state index < -0.39 is 5.60 Å². The average molecular weight is 229 g/mol. The van der Waals surface area contributed by atoms with Crippen LogP contribution in [0.1, 0.15) is 27.7 Å². The summed E-state index contributed by atoms with van der Waals surface area (Å²) in [6, 6.07) is 0. The van der Waals surface area contributed by atoms with Crippen molar-refractivity contribution in [3.63, 3.8) is 0 Å². The Hall–Kier alpha value is -0.810. The number of hydrogen-bond donors (Lipinski definition) is 1. The maximum absolute atomic E-state index is 11.7. The summed E-state index contributed by atoms with van der Waals surface area (Å²) in [5.74, 6) is 0. The van der Waals surface area contributed by atoms with Gasteiger partial charge in [0.05, 0.1) is 0 Å². The second-order valence-corrected chi connectivity index (χ2v) is 4.97.